The molecule has 2 atom stereocenters. The predicted molar refractivity (Wildman–Crippen MR) is 123 cm³/mol. The van der Waals surface area contributed by atoms with Gasteiger partial charge in [0.05, 0.1) is 18.2 Å². The molecule has 7 heteroatoms. The maximum Gasteiger partial charge on any atom is 0.295 e. The average molecular weight is 450 g/mol. The van der Waals surface area contributed by atoms with E-state index in [4.69, 9.17) is 14.2 Å². The third kappa shape index (κ3) is 4.36. The summed E-state index contributed by atoms with van der Waals surface area (Å²) in [6.45, 7) is 6.41. The fourth-order valence-electron chi connectivity index (χ4n) is 4.30. The number of aliphatic hydroxyl groups excluding tert-OH is 1. The molecular formula is C26H27NO6. The summed E-state index contributed by atoms with van der Waals surface area (Å²) in [5.74, 6) is -0.264. The number of aliphatic hydroxyl groups is 1. The first kappa shape index (κ1) is 22.6. The van der Waals surface area contributed by atoms with Crippen molar-refractivity contribution in [3.63, 3.8) is 0 Å². The van der Waals surface area contributed by atoms with Crippen molar-refractivity contribution < 1.29 is 28.9 Å². The predicted octanol–water partition coefficient (Wildman–Crippen LogP) is 3.64. The normalized spacial score (nSPS) is 21.1. The van der Waals surface area contributed by atoms with Gasteiger partial charge in [-0.15, -0.1) is 0 Å². The number of benzene rings is 2. The molecule has 2 aromatic carbocycles. The van der Waals surface area contributed by atoms with Crippen LogP contribution in [0.15, 0.2) is 60.7 Å². The highest BCUT2D eigenvalue weighted by Crippen LogP contribution is 2.41. The number of carbonyl (C=O) groups is 2. The Balaban J connectivity index is 1.81. The summed E-state index contributed by atoms with van der Waals surface area (Å²) >= 11 is 0. The van der Waals surface area contributed by atoms with Gasteiger partial charge >= 0.3 is 0 Å². The van der Waals surface area contributed by atoms with Crippen molar-refractivity contribution in [3.05, 3.63) is 77.4 Å². The molecule has 1 saturated heterocycles. The van der Waals surface area contributed by atoms with Crippen molar-refractivity contribution in [1.82, 2.24) is 4.90 Å². The van der Waals surface area contributed by atoms with E-state index in [-0.39, 0.29) is 30.6 Å². The van der Waals surface area contributed by atoms with Crippen molar-refractivity contribution in [3.8, 4) is 11.5 Å². The SMILES string of the molecule is C=CCOc1cccc([C@H]2/C(=C(\O)c3ccc4c(c3)C[C@@H](C)O4)C(=O)C(=O)N2CCOC)c1. The second-order valence-electron chi connectivity index (χ2n) is 8.11. The summed E-state index contributed by atoms with van der Waals surface area (Å²) in [5.41, 5.74) is 2.13. The summed E-state index contributed by atoms with van der Waals surface area (Å²) < 4.78 is 16.5. The highest BCUT2D eigenvalue weighted by Gasteiger charge is 2.46. The van der Waals surface area contributed by atoms with Gasteiger partial charge in [0.25, 0.3) is 11.7 Å². The molecule has 2 aliphatic heterocycles. The molecule has 1 N–H and O–H groups in total. The number of hydrogen-bond donors (Lipinski definition) is 1. The summed E-state index contributed by atoms with van der Waals surface area (Å²) in [4.78, 5) is 27.5. The zero-order valence-electron chi connectivity index (χ0n) is 18.7. The number of methoxy groups -OCH3 is 1. The lowest BCUT2D eigenvalue weighted by Crippen LogP contribution is -2.32. The van der Waals surface area contributed by atoms with E-state index in [0.717, 1.165) is 11.3 Å². The lowest BCUT2D eigenvalue weighted by molar-refractivity contribution is -0.140. The van der Waals surface area contributed by atoms with Crippen LogP contribution in [-0.4, -0.2) is 54.7 Å². The zero-order chi connectivity index (χ0) is 23.5. The molecule has 172 valence electrons. The van der Waals surface area contributed by atoms with Crippen LogP contribution >= 0.6 is 0 Å². The third-order valence-electron chi connectivity index (χ3n) is 5.79. The van der Waals surface area contributed by atoms with Gasteiger partial charge in [-0.3, -0.25) is 9.59 Å². The number of carbonyl (C=O) groups excluding carboxylic acids is 2. The Morgan fingerprint density at radius 1 is 1.27 bits per heavy atom. The number of nitrogens with zero attached hydrogens (tertiary/aromatic N) is 1. The molecular weight excluding hydrogens is 422 g/mol. The largest absolute Gasteiger partial charge is 0.507 e. The van der Waals surface area contributed by atoms with Crippen molar-refractivity contribution in [2.24, 2.45) is 0 Å². The molecule has 0 aromatic heterocycles. The van der Waals surface area contributed by atoms with Crippen LogP contribution in [0.1, 0.15) is 29.7 Å². The Hall–Kier alpha value is -3.58. The number of likely N-dealkylation sites (tertiary alicyclic amines) is 1. The molecule has 0 saturated carbocycles. The van der Waals surface area contributed by atoms with Gasteiger partial charge in [0, 0.05) is 25.6 Å². The second-order valence-corrected chi connectivity index (χ2v) is 8.11. The fraction of sp³-hybridized carbons (Fsp3) is 0.308. The lowest BCUT2D eigenvalue weighted by atomic mass is 9.94. The van der Waals surface area contributed by atoms with Gasteiger partial charge < -0.3 is 24.2 Å². The fourth-order valence-corrected chi connectivity index (χ4v) is 4.30. The number of Topliss-reactive ketones (excluding diaryl/α,β-unsaturated/α-hetero) is 1. The molecule has 0 bridgehead atoms. The Bertz CT molecular complexity index is 1120. The molecule has 0 unspecified atom stereocenters. The molecule has 2 heterocycles. The topological polar surface area (TPSA) is 85.3 Å². The number of amides is 1. The second kappa shape index (κ2) is 9.50. The van der Waals surface area contributed by atoms with Crippen LogP contribution in [0.4, 0.5) is 0 Å². The molecule has 33 heavy (non-hydrogen) atoms. The number of fused-ring (bicyclic) bond motifs is 1. The monoisotopic (exact) mass is 449 g/mol. The summed E-state index contributed by atoms with van der Waals surface area (Å²) in [6, 6.07) is 11.7. The number of ketones is 1. The lowest BCUT2D eigenvalue weighted by Gasteiger charge is -2.25. The number of rotatable bonds is 8. The van der Waals surface area contributed by atoms with E-state index in [1.54, 1.807) is 36.4 Å². The summed E-state index contributed by atoms with van der Waals surface area (Å²) in [6.07, 6.45) is 2.40. The van der Waals surface area contributed by atoms with Crippen molar-refractivity contribution in [2.45, 2.75) is 25.5 Å². The smallest absolute Gasteiger partial charge is 0.295 e. The van der Waals surface area contributed by atoms with E-state index < -0.39 is 17.7 Å². The van der Waals surface area contributed by atoms with Crippen LogP contribution in [0.3, 0.4) is 0 Å². The van der Waals surface area contributed by atoms with E-state index in [2.05, 4.69) is 6.58 Å². The van der Waals surface area contributed by atoms with Crippen LogP contribution in [-0.2, 0) is 20.7 Å². The van der Waals surface area contributed by atoms with E-state index >= 15 is 0 Å². The zero-order valence-corrected chi connectivity index (χ0v) is 18.7. The molecule has 1 fully saturated rings. The van der Waals surface area contributed by atoms with E-state index in [9.17, 15) is 14.7 Å². The van der Waals surface area contributed by atoms with E-state index in [1.165, 1.54) is 12.0 Å². The minimum absolute atomic E-state index is 0.0453. The first-order chi connectivity index (χ1) is 15.9. The Labute approximate surface area is 192 Å². The first-order valence-electron chi connectivity index (χ1n) is 10.9. The molecule has 2 aromatic rings. The summed E-state index contributed by atoms with van der Waals surface area (Å²) in [5, 5.41) is 11.3. The molecule has 0 radical (unpaired) electrons. The van der Waals surface area contributed by atoms with Gasteiger partial charge in [0.2, 0.25) is 0 Å². The van der Waals surface area contributed by atoms with Crippen LogP contribution < -0.4 is 9.47 Å². The third-order valence-corrected chi connectivity index (χ3v) is 5.79. The molecule has 2 aliphatic rings. The van der Waals surface area contributed by atoms with Gasteiger partial charge in [-0.2, -0.15) is 0 Å². The quantitative estimate of drug-likeness (QED) is 0.287. The van der Waals surface area contributed by atoms with Crippen molar-refractivity contribution >= 4 is 17.4 Å². The standard InChI is InChI=1S/C26H27NO6/c1-4-11-32-20-7-5-6-17(15-20)23-22(25(29)26(30)27(23)10-12-31-3)24(28)18-8-9-21-19(14-18)13-16(2)33-21/h4-9,14-16,23,28H,1,10-13H2,2-3H3/b24-22+/t16-,23+/m1/s1. The molecule has 0 aliphatic carbocycles. The van der Waals surface area contributed by atoms with Crippen molar-refractivity contribution in [2.75, 3.05) is 26.9 Å². The minimum atomic E-state index is -0.768. The van der Waals surface area contributed by atoms with Gasteiger partial charge in [-0.25, -0.2) is 0 Å². The number of ether oxygens (including phenoxy) is 3. The summed E-state index contributed by atoms with van der Waals surface area (Å²) in [7, 11) is 1.53. The van der Waals surface area contributed by atoms with Gasteiger partial charge in [0.15, 0.2) is 0 Å². The average Bonchev–Trinajstić information content (AvgIpc) is 3.31. The van der Waals surface area contributed by atoms with Crippen LogP contribution in [0.2, 0.25) is 0 Å². The van der Waals surface area contributed by atoms with Crippen LogP contribution in [0, 0.1) is 0 Å². The number of hydrogen-bond acceptors (Lipinski definition) is 6. The molecule has 4 rings (SSSR count). The maximum atomic E-state index is 13.1. The van der Waals surface area contributed by atoms with Crippen LogP contribution in [0.25, 0.3) is 5.76 Å². The van der Waals surface area contributed by atoms with Gasteiger partial charge in [-0.05, 0) is 48.4 Å². The Morgan fingerprint density at radius 3 is 2.85 bits per heavy atom. The van der Waals surface area contributed by atoms with E-state index in [0.29, 0.717) is 29.9 Å². The van der Waals surface area contributed by atoms with Crippen LogP contribution in [0.5, 0.6) is 11.5 Å². The molecule has 0 spiro atoms. The molecule has 1 amide bonds. The molecule has 7 nitrogen and oxygen atoms in total. The first-order valence-corrected chi connectivity index (χ1v) is 10.9. The minimum Gasteiger partial charge on any atom is -0.507 e. The highest BCUT2D eigenvalue weighted by atomic mass is 16.5. The Morgan fingerprint density at radius 2 is 2.09 bits per heavy atom. The van der Waals surface area contributed by atoms with E-state index in [1.807, 2.05) is 19.1 Å². The maximum absolute atomic E-state index is 13.1. The van der Waals surface area contributed by atoms with Crippen molar-refractivity contribution in [1.29, 1.82) is 0 Å². The highest BCUT2D eigenvalue weighted by molar-refractivity contribution is 6.46. The van der Waals surface area contributed by atoms with Gasteiger partial charge in [0.1, 0.15) is 30.0 Å². The Kier molecular flexibility index (Phi) is 6.51. The van der Waals surface area contributed by atoms with Gasteiger partial charge in [-0.1, -0.05) is 24.8 Å².